The standard InChI is InChI=1S/C20H20FNO2S/c21-19-6-2-1-4-17(19)7-8-20(23)22(14-16-10-12-24-15-16)11-9-18-5-3-13-25-18/h1-6,10,12-13,15H,7-9,11,14H2. The first-order valence-electron chi connectivity index (χ1n) is 8.27. The van der Waals surface area contributed by atoms with Crippen molar-refractivity contribution in [1.29, 1.82) is 0 Å². The van der Waals surface area contributed by atoms with Gasteiger partial charge in [-0.1, -0.05) is 24.3 Å². The Morgan fingerprint density at radius 3 is 2.72 bits per heavy atom. The van der Waals surface area contributed by atoms with E-state index in [2.05, 4.69) is 6.07 Å². The molecule has 0 fully saturated rings. The van der Waals surface area contributed by atoms with Gasteiger partial charge in [-0.15, -0.1) is 11.3 Å². The molecule has 2 aromatic heterocycles. The molecule has 130 valence electrons. The second-order valence-electron chi connectivity index (χ2n) is 5.87. The number of hydrogen-bond acceptors (Lipinski definition) is 3. The maximum Gasteiger partial charge on any atom is 0.223 e. The Kier molecular flexibility index (Phi) is 6.01. The Labute approximate surface area is 150 Å². The summed E-state index contributed by atoms with van der Waals surface area (Å²) in [6, 6.07) is 12.6. The van der Waals surface area contributed by atoms with Crippen LogP contribution >= 0.6 is 11.3 Å². The zero-order valence-corrected chi connectivity index (χ0v) is 14.7. The molecule has 1 amide bonds. The highest BCUT2D eigenvalue weighted by Gasteiger charge is 2.16. The Morgan fingerprint density at radius 1 is 1.12 bits per heavy atom. The van der Waals surface area contributed by atoms with E-state index in [0.29, 0.717) is 31.5 Å². The van der Waals surface area contributed by atoms with Crippen LogP contribution in [0.4, 0.5) is 4.39 Å². The maximum absolute atomic E-state index is 13.7. The van der Waals surface area contributed by atoms with Crippen molar-refractivity contribution >= 4 is 17.2 Å². The van der Waals surface area contributed by atoms with Crippen LogP contribution in [-0.2, 0) is 24.2 Å². The molecule has 0 atom stereocenters. The normalized spacial score (nSPS) is 10.8. The second-order valence-corrected chi connectivity index (χ2v) is 6.90. The second kappa shape index (κ2) is 8.62. The van der Waals surface area contributed by atoms with Crippen molar-refractivity contribution in [3.63, 3.8) is 0 Å². The molecule has 5 heteroatoms. The van der Waals surface area contributed by atoms with Crippen LogP contribution in [-0.4, -0.2) is 17.4 Å². The third-order valence-electron chi connectivity index (χ3n) is 4.08. The average Bonchev–Trinajstić information content (AvgIpc) is 3.31. The summed E-state index contributed by atoms with van der Waals surface area (Å²) >= 11 is 1.69. The first kappa shape index (κ1) is 17.4. The van der Waals surface area contributed by atoms with E-state index >= 15 is 0 Å². The molecule has 0 unspecified atom stereocenters. The maximum atomic E-state index is 13.7. The summed E-state index contributed by atoms with van der Waals surface area (Å²) in [5.41, 5.74) is 1.54. The molecule has 0 saturated heterocycles. The van der Waals surface area contributed by atoms with Crippen LogP contribution < -0.4 is 0 Å². The van der Waals surface area contributed by atoms with E-state index in [9.17, 15) is 9.18 Å². The van der Waals surface area contributed by atoms with Crippen molar-refractivity contribution < 1.29 is 13.6 Å². The lowest BCUT2D eigenvalue weighted by atomic mass is 10.1. The minimum Gasteiger partial charge on any atom is -0.472 e. The number of thiophene rings is 1. The Bertz CT molecular complexity index is 784. The minimum atomic E-state index is -0.254. The van der Waals surface area contributed by atoms with Crippen LogP contribution in [0.2, 0.25) is 0 Å². The molecule has 3 rings (SSSR count). The van der Waals surface area contributed by atoms with Crippen molar-refractivity contribution in [1.82, 2.24) is 4.90 Å². The molecular weight excluding hydrogens is 337 g/mol. The lowest BCUT2D eigenvalue weighted by Gasteiger charge is -2.22. The summed E-state index contributed by atoms with van der Waals surface area (Å²) in [7, 11) is 0. The van der Waals surface area contributed by atoms with Crippen LogP contribution in [0.25, 0.3) is 0 Å². The van der Waals surface area contributed by atoms with Crippen molar-refractivity contribution in [2.24, 2.45) is 0 Å². The summed E-state index contributed by atoms with van der Waals surface area (Å²) < 4.78 is 18.8. The van der Waals surface area contributed by atoms with E-state index in [-0.39, 0.29) is 11.7 Å². The van der Waals surface area contributed by atoms with Crippen molar-refractivity contribution in [2.75, 3.05) is 6.54 Å². The minimum absolute atomic E-state index is 0.0287. The zero-order chi connectivity index (χ0) is 17.5. The van der Waals surface area contributed by atoms with Gasteiger partial charge >= 0.3 is 0 Å². The third-order valence-corrected chi connectivity index (χ3v) is 5.02. The van der Waals surface area contributed by atoms with E-state index in [1.807, 2.05) is 22.4 Å². The smallest absolute Gasteiger partial charge is 0.223 e. The number of rotatable bonds is 8. The van der Waals surface area contributed by atoms with Gasteiger partial charge in [0.2, 0.25) is 5.91 Å². The van der Waals surface area contributed by atoms with E-state index < -0.39 is 0 Å². The van der Waals surface area contributed by atoms with Crippen LogP contribution in [0.5, 0.6) is 0 Å². The number of halogens is 1. The van der Waals surface area contributed by atoms with Gasteiger partial charge < -0.3 is 9.32 Å². The van der Waals surface area contributed by atoms with Gasteiger partial charge in [-0.2, -0.15) is 0 Å². The fourth-order valence-electron chi connectivity index (χ4n) is 2.70. The quantitative estimate of drug-likeness (QED) is 0.586. The number of carbonyl (C=O) groups excluding carboxylic acids is 1. The molecule has 3 nitrogen and oxygen atoms in total. The molecule has 0 aliphatic rings. The topological polar surface area (TPSA) is 33.5 Å². The Hall–Kier alpha value is -2.40. The van der Waals surface area contributed by atoms with Crippen molar-refractivity contribution in [2.45, 2.75) is 25.8 Å². The first-order chi connectivity index (χ1) is 12.2. The summed E-state index contributed by atoms with van der Waals surface area (Å²) in [5.74, 6) is -0.226. The number of hydrogen-bond donors (Lipinski definition) is 0. The highest BCUT2D eigenvalue weighted by atomic mass is 32.1. The van der Waals surface area contributed by atoms with Crippen molar-refractivity contribution in [3.05, 3.63) is 82.2 Å². The molecule has 3 aromatic rings. The molecule has 0 spiro atoms. The predicted octanol–water partition coefficient (Wildman–Crippen LogP) is 4.68. The molecule has 1 aromatic carbocycles. The monoisotopic (exact) mass is 357 g/mol. The van der Waals surface area contributed by atoms with E-state index in [4.69, 9.17) is 4.42 Å². The molecule has 0 N–H and O–H groups in total. The fraction of sp³-hybridized carbons (Fsp3) is 0.250. The van der Waals surface area contributed by atoms with Gasteiger partial charge in [-0.05, 0) is 42.0 Å². The van der Waals surface area contributed by atoms with Gasteiger partial charge in [0.25, 0.3) is 0 Å². The molecular formula is C20H20FNO2S. The van der Waals surface area contributed by atoms with Crippen LogP contribution in [0.1, 0.15) is 22.4 Å². The summed E-state index contributed by atoms with van der Waals surface area (Å²) in [4.78, 5) is 15.8. The van der Waals surface area contributed by atoms with Gasteiger partial charge in [-0.3, -0.25) is 4.79 Å². The van der Waals surface area contributed by atoms with Crippen LogP contribution in [0, 0.1) is 5.82 Å². The Morgan fingerprint density at radius 2 is 2.00 bits per heavy atom. The van der Waals surface area contributed by atoms with Gasteiger partial charge in [0.15, 0.2) is 0 Å². The van der Waals surface area contributed by atoms with Crippen LogP contribution in [0.15, 0.2) is 64.8 Å². The lowest BCUT2D eigenvalue weighted by molar-refractivity contribution is -0.131. The van der Waals surface area contributed by atoms with E-state index in [0.717, 1.165) is 12.0 Å². The largest absolute Gasteiger partial charge is 0.472 e. The van der Waals surface area contributed by atoms with Crippen LogP contribution in [0.3, 0.4) is 0 Å². The van der Waals surface area contributed by atoms with Crippen molar-refractivity contribution in [3.8, 4) is 0 Å². The third kappa shape index (κ3) is 5.03. The molecule has 0 aliphatic heterocycles. The van der Waals surface area contributed by atoms with Gasteiger partial charge in [-0.25, -0.2) is 4.39 Å². The highest BCUT2D eigenvalue weighted by Crippen LogP contribution is 2.15. The highest BCUT2D eigenvalue weighted by molar-refractivity contribution is 7.09. The number of furan rings is 1. The zero-order valence-electron chi connectivity index (χ0n) is 13.9. The number of amides is 1. The molecule has 25 heavy (non-hydrogen) atoms. The fourth-order valence-corrected chi connectivity index (χ4v) is 3.39. The van der Waals surface area contributed by atoms with E-state index in [1.54, 1.807) is 42.1 Å². The van der Waals surface area contributed by atoms with E-state index in [1.165, 1.54) is 10.9 Å². The number of nitrogens with zero attached hydrogens (tertiary/aromatic N) is 1. The average molecular weight is 357 g/mol. The summed E-state index contributed by atoms with van der Waals surface area (Å²) in [6.45, 7) is 1.15. The van der Waals surface area contributed by atoms with Gasteiger partial charge in [0, 0.05) is 30.0 Å². The SMILES string of the molecule is O=C(CCc1ccccc1F)N(CCc1cccs1)Cc1ccoc1. The predicted molar refractivity (Wildman–Crippen MR) is 96.9 cm³/mol. The molecule has 2 heterocycles. The number of carbonyl (C=O) groups is 1. The molecule has 0 bridgehead atoms. The molecule has 0 aliphatic carbocycles. The van der Waals surface area contributed by atoms with Gasteiger partial charge in [0.05, 0.1) is 12.5 Å². The Balaban J connectivity index is 1.62. The molecule has 0 saturated carbocycles. The molecule has 0 radical (unpaired) electrons. The lowest BCUT2D eigenvalue weighted by Crippen LogP contribution is -2.32. The first-order valence-corrected chi connectivity index (χ1v) is 9.15. The number of benzene rings is 1. The number of aryl methyl sites for hydroxylation is 1. The summed E-state index contributed by atoms with van der Waals surface area (Å²) in [6.07, 6.45) is 4.79. The van der Waals surface area contributed by atoms with Gasteiger partial charge in [0.1, 0.15) is 5.82 Å². The summed E-state index contributed by atoms with van der Waals surface area (Å²) in [5, 5.41) is 2.04.